The number of rotatable bonds is 5. The van der Waals surface area contributed by atoms with Gasteiger partial charge in [0, 0.05) is 18.8 Å². The Morgan fingerprint density at radius 2 is 1.70 bits per heavy atom. The molecule has 2 aromatic rings. The summed E-state index contributed by atoms with van der Waals surface area (Å²) >= 11 is 0. The molecule has 0 radical (unpaired) electrons. The summed E-state index contributed by atoms with van der Waals surface area (Å²) in [4.78, 5) is 16.7. The minimum absolute atomic E-state index is 0.0607. The van der Waals surface area contributed by atoms with Crippen molar-refractivity contribution in [1.29, 1.82) is 0 Å². The number of amides is 2. The summed E-state index contributed by atoms with van der Waals surface area (Å²) in [5, 5.41) is 2.58. The van der Waals surface area contributed by atoms with Gasteiger partial charge in [0.25, 0.3) is 0 Å². The van der Waals surface area contributed by atoms with E-state index in [2.05, 4.69) is 10.8 Å². The fourth-order valence-corrected chi connectivity index (χ4v) is 4.50. The van der Waals surface area contributed by atoms with Gasteiger partial charge >= 0.3 is 12.2 Å². The molecule has 2 N–H and O–H groups in total. The molecule has 0 spiro atoms. The van der Waals surface area contributed by atoms with Gasteiger partial charge in [-0.25, -0.2) is 18.7 Å². The number of halogens is 3. The van der Waals surface area contributed by atoms with Gasteiger partial charge in [-0.2, -0.15) is 17.5 Å². The number of carbonyl (C=O) groups is 1. The lowest BCUT2D eigenvalue weighted by molar-refractivity contribution is -0.137. The minimum Gasteiger partial charge on any atom is -0.306 e. The first-order valence-electron chi connectivity index (χ1n) is 9.11. The van der Waals surface area contributed by atoms with Gasteiger partial charge < -0.3 is 5.32 Å². The summed E-state index contributed by atoms with van der Waals surface area (Å²) in [6.45, 7) is 0.121. The Bertz CT molecular complexity index is 976. The number of carbonyl (C=O) groups excluding carboxylic acids is 1. The smallest absolute Gasteiger partial charge is 0.306 e. The number of benzene rings is 2. The predicted molar refractivity (Wildman–Crippen MR) is 103 cm³/mol. The molecule has 1 fully saturated rings. The summed E-state index contributed by atoms with van der Waals surface area (Å²) in [6, 6.07) is 11.8. The molecule has 1 saturated heterocycles. The Morgan fingerprint density at radius 1 is 1.03 bits per heavy atom. The number of hydrogen-bond donors (Lipinski definition) is 2. The molecule has 1 aliphatic heterocycles. The molecule has 3 rings (SSSR count). The summed E-state index contributed by atoms with van der Waals surface area (Å²) in [6.07, 6.45) is -4.48. The van der Waals surface area contributed by atoms with E-state index in [9.17, 15) is 26.4 Å². The summed E-state index contributed by atoms with van der Waals surface area (Å²) in [5.74, 6) is 0. The number of hydrogen-bond acceptors (Lipinski definition) is 4. The number of nitrogens with zero attached hydrogens (tertiary/aromatic N) is 1. The summed E-state index contributed by atoms with van der Waals surface area (Å²) in [5.41, 5.74) is 1.83. The molecule has 0 aromatic heterocycles. The van der Waals surface area contributed by atoms with Gasteiger partial charge in [0.15, 0.2) is 0 Å². The molecular weight excluding hydrogens is 423 g/mol. The maximum absolute atomic E-state index is 12.9. The summed E-state index contributed by atoms with van der Waals surface area (Å²) in [7, 11) is -4.06. The highest BCUT2D eigenvalue weighted by atomic mass is 32.2. The standard InChI is InChI=1S/C19H20F3N3O4S/c20-19(21,22)14-5-4-8-17(13-14)30(27,28)25-11-9-16(10-12-25)29-24-18(26)23-15-6-2-1-3-7-15/h1-8,13,16H,9-12H2,(H2,23,24,26). The molecule has 162 valence electrons. The highest BCUT2D eigenvalue weighted by Crippen LogP contribution is 2.31. The van der Waals surface area contributed by atoms with E-state index >= 15 is 0 Å². The van der Waals surface area contributed by atoms with Gasteiger partial charge in [0.2, 0.25) is 10.0 Å². The average Bonchev–Trinajstić information content (AvgIpc) is 2.73. The molecule has 7 nitrogen and oxygen atoms in total. The van der Waals surface area contributed by atoms with E-state index in [1.807, 2.05) is 0 Å². The molecule has 1 aliphatic rings. The number of hydroxylamine groups is 1. The zero-order valence-corrected chi connectivity index (χ0v) is 16.5. The van der Waals surface area contributed by atoms with E-state index in [0.717, 1.165) is 22.5 Å². The normalized spacial score (nSPS) is 16.2. The Balaban J connectivity index is 1.53. The van der Waals surface area contributed by atoms with Crippen molar-refractivity contribution in [3.63, 3.8) is 0 Å². The molecule has 2 aromatic carbocycles. The largest absolute Gasteiger partial charge is 0.416 e. The van der Waals surface area contributed by atoms with E-state index < -0.39 is 38.8 Å². The van der Waals surface area contributed by atoms with Crippen LogP contribution in [0.3, 0.4) is 0 Å². The van der Waals surface area contributed by atoms with Crippen molar-refractivity contribution in [3.05, 3.63) is 60.2 Å². The van der Waals surface area contributed by atoms with Crippen molar-refractivity contribution in [1.82, 2.24) is 9.79 Å². The Hall–Kier alpha value is -2.63. The molecule has 0 atom stereocenters. The first-order chi connectivity index (χ1) is 14.2. The first kappa shape index (κ1) is 22.1. The molecule has 0 saturated carbocycles. The van der Waals surface area contributed by atoms with Gasteiger partial charge in [0.05, 0.1) is 16.6 Å². The van der Waals surface area contributed by atoms with E-state index in [1.54, 1.807) is 30.3 Å². The lowest BCUT2D eigenvalue weighted by Gasteiger charge is -2.30. The average molecular weight is 443 g/mol. The SMILES string of the molecule is O=C(NOC1CCN(S(=O)(=O)c2cccc(C(F)(F)F)c2)CC1)Nc1ccccc1. The van der Waals surface area contributed by atoms with E-state index in [0.29, 0.717) is 11.8 Å². The van der Waals surface area contributed by atoms with Crippen molar-refractivity contribution in [2.24, 2.45) is 0 Å². The van der Waals surface area contributed by atoms with Crippen molar-refractivity contribution in [2.75, 3.05) is 18.4 Å². The van der Waals surface area contributed by atoms with Crippen LogP contribution < -0.4 is 10.8 Å². The Kier molecular flexibility index (Phi) is 6.64. The van der Waals surface area contributed by atoms with Crippen LogP contribution in [0.2, 0.25) is 0 Å². The number of sulfonamides is 1. The monoisotopic (exact) mass is 443 g/mol. The van der Waals surface area contributed by atoms with Crippen LogP contribution in [0, 0.1) is 0 Å². The molecule has 30 heavy (non-hydrogen) atoms. The quantitative estimate of drug-likeness (QED) is 0.691. The summed E-state index contributed by atoms with van der Waals surface area (Å²) < 4.78 is 65.1. The highest BCUT2D eigenvalue weighted by molar-refractivity contribution is 7.89. The van der Waals surface area contributed by atoms with Gasteiger partial charge in [-0.3, -0.25) is 4.84 Å². The number of nitrogens with one attached hydrogen (secondary N) is 2. The molecular formula is C19H20F3N3O4S. The van der Waals surface area contributed by atoms with Crippen LogP contribution in [0.15, 0.2) is 59.5 Å². The minimum atomic E-state index is -4.63. The zero-order valence-electron chi connectivity index (χ0n) is 15.7. The fraction of sp³-hybridized carbons (Fsp3) is 0.316. The first-order valence-corrected chi connectivity index (χ1v) is 10.6. The molecule has 2 amide bonds. The highest BCUT2D eigenvalue weighted by Gasteiger charge is 2.34. The molecule has 0 bridgehead atoms. The van der Waals surface area contributed by atoms with Crippen LogP contribution >= 0.6 is 0 Å². The van der Waals surface area contributed by atoms with Crippen LogP contribution in [0.5, 0.6) is 0 Å². The number of anilines is 1. The van der Waals surface area contributed by atoms with Gasteiger partial charge in [0.1, 0.15) is 0 Å². The van der Waals surface area contributed by atoms with Crippen molar-refractivity contribution < 1.29 is 31.2 Å². The second kappa shape index (κ2) is 9.02. The maximum atomic E-state index is 12.9. The van der Waals surface area contributed by atoms with Crippen LogP contribution in [-0.4, -0.2) is 37.9 Å². The topological polar surface area (TPSA) is 87.7 Å². The van der Waals surface area contributed by atoms with Gasteiger partial charge in [-0.05, 0) is 43.2 Å². The predicted octanol–water partition coefficient (Wildman–Crippen LogP) is 3.61. The van der Waals surface area contributed by atoms with E-state index in [-0.39, 0.29) is 25.9 Å². The number of alkyl halides is 3. The Morgan fingerprint density at radius 3 is 2.33 bits per heavy atom. The van der Waals surface area contributed by atoms with E-state index in [4.69, 9.17) is 4.84 Å². The van der Waals surface area contributed by atoms with E-state index in [1.165, 1.54) is 0 Å². The van der Waals surface area contributed by atoms with Gasteiger partial charge in [-0.15, -0.1) is 0 Å². The van der Waals surface area contributed by atoms with Crippen molar-refractivity contribution in [2.45, 2.75) is 30.0 Å². The maximum Gasteiger partial charge on any atom is 0.416 e. The lowest BCUT2D eigenvalue weighted by atomic mass is 10.1. The van der Waals surface area contributed by atoms with Crippen LogP contribution in [-0.2, 0) is 21.0 Å². The third-order valence-electron chi connectivity index (χ3n) is 4.55. The van der Waals surface area contributed by atoms with Gasteiger partial charge in [-0.1, -0.05) is 24.3 Å². The molecule has 0 unspecified atom stereocenters. The lowest BCUT2D eigenvalue weighted by Crippen LogP contribution is -2.43. The van der Waals surface area contributed by atoms with Crippen LogP contribution in [0.25, 0.3) is 0 Å². The molecule has 11 heteroatoms. The number of para-hydroxylation sites is 1. The Labute approximate surface area is 171 Å². The number of urea groups is 1. The van der Waals surface area contributed by atoms with Crippen LogP contribution in [0.1, 0.15) is 18.4 Å². The van der Waals surface area contributed by atoms with Crippen molar-refractivity contribution >= 4 is 21.7 Å². The third kappa shape index (κ3) is 5.49. The second-order valence-corrected chi connectivity index (χ2v) is 8.61. The second-order valence-electron chi connectivity index (χ2n) is 6.67. The van der Waals surface area contributed by atoms with Crippen molar-refractivity contribution in [3.8, 4) is 0 Å². The number of piperidine rings is 1. The molecule has 0 aliphatic carbocycles. The molecule has 1 heterocycles. The third-order valence-corrected chi connectivity index (χ3v) is 6.44. The van der Waals surface area contributed by atoms with Crippen LogP contribution in [0.4, 0.5) is 23.7 Å². The zero-order chi connectivity index (χ0) is 21.8. The fourth-order valence-electron chi connectivity index (χ4n) is 2.99.